The normalized spacial score (nSPS) is 12.4. The largest absolute Gasteiger partial charge is 0.481 e. The van der Waals surface area contributed by atoms with E-state index in [1.165, 1.54) is 0 Å². The SMILES string of the molecule is CCCC(Cc1ccc(CO)cc1)C(=O)O. The number of carbonyl (C=O) groups is 1. The number of hydrogen-bond acceptors (Lipinski definition) is 2. The molecule has 1 aromatic rings. The Balaban J connectivity index is 2.65. The van der Waals surface area contributed by atoms with Gasteiger partial charge in [0.2, 0.25) is 0 Å². The third-order valence-corrected chi connectivity index (χ3v) is 2.67. The van der Waals surface area contributed by atoms with Gasteiger partial charge in [-0.15, -0.1) is 0 Å². The molecule has 0 bridgehead atoms. The predicted octanol–water partition coefficient (Wildman–Crippen LogP) is 2.22. The van der Waals surface area contributed by atoms with Crippen LogP contribution in [-0.2, 0) is 17.8 Å². The lowest BCUT2D eigenvalue weighted by atomic mass is 9.95. The van der Waals surface area contributed by atoms with Crippen molar-refractivity contribution in [3.05, 3.63) is 35.4 Å². The third kappa shape index (κ3) is 3.66. The van der Waals surface area contributed by atoms with E-state index in [1.807, 2.05) is 31.2 Å². The minimum absolute atomic E-state index is 0.0254. The molecule has 3 heteroatoms. The first-order chi connectivity index (χ1) is 7.67. The van der Waals surface area contributed by atoms with E-state index in [-0.39, 0.29) is 12.5 Å². The van der Waals surface area contributed by atoms with Gasteiger partial charge in [-0.05, 0) is 24.0 Å². The first kappa shape index (κ1) is 12.7. The van der Waals surface area contributed by atoms with E-state index < -0.39 is 5.97 Å². The lowest BCUT2D eigenvalue weighted by Crippen LogP contribution is -2.16. The molecule has 3 nitrogen and oxygen atoms in total. The van der Waals surface area contributed by atoms with Gasteiger partial charge in [-0.3, -0.25) is 4.79 Å². The molecule has 0 saturated carbocycles. The van der Waals surface area contributed by atoms with Crippen molar-refractivity contribution < 1.29 is 15.0 Å². The van der Waals surface area contributed by atoms with E-state index >= 15 is 0 Å². The van der Waals surface area contributed by atoms with Gasteiger partial charge in [0.05, 0.1) is 12.5 Å². The Morgan fingerprint density at radius 1 is 1.25 bits per heavy atom. The van der Waals surface area contributed by atoms with E-state index in [1.54, 1.807) is 0 Å². The van der Waals surface area contributed by atoms with Crippen molar-refractivity contribution in [3.8, 4) is 0 Å². The highest BCUT2D eigenvalue weighted by molar-refractivity contribution is 5.70. The van der Waals surface area contributed by atoms with Gasteiger partial charge in [0.15, 0.2) is 0 Å². The Morgan fingerprint density at radius 2 is 1.81 bits per heavy atom. The maximum Gasteiger partial charge on any atom is 0.306 e. The molecule has 1 unspecified atom stereocenters. The fraction of sp³-hybridized carbons (Fsp3) is 0.462. The minimum atomic E-state index is -0.729. The second-order valence-electron chi connectivity index (χ2n) is 4.00. The summed E-state index contributed by atoms with van der Waals surface area (Å²) in [5, 5.41) is 17.9. The summed E-state index contributed by atoms with van der Waals surface area (Å²) >= 11 is 0. The zero-order chi connectivity index (χ0) is 12.0. The molecule has 0 spiro atoms. The average Bonchev–Trinajstić information content (AvgIpc) is 2.29. The Bertz CT molecular complexity index is 330. The van der Waals surface area contributed by atoms with Crippen molar-refractivity contribution in [1.82, 2.24) is 0 Å². The van der Waals surface area contributed by atoms with Crippen LogP contribution in [0.5, 0.6) is 0 Å². The van der Waals surface area contributed by atoms with Gasteiger partial charge in [0.25, 0.3) is 0 Å². The molecule has 1 atom stereocenters. The quantitative estimate of drug-likeness (QED) is 0.776. The molecule has 0 aliphatic carbocycles. The molecular formula is C13H18O3. The van der Waals surface area contributed by atoms with E-state index in [0.717, 1.165) is 17.5 Å². The molecule has 1 aromatic carbocycles. The smallest absolute Gasteiger partial charge is 0.306 e. The molecule has 0 heterocycles. The van der Waals surface area contributed by atoms with Crippen molar-refractivity contribution in [2.45, 2.75) is 32.8 Å². The second kappa shape index (κ2) is 6.28. The average molecular weight is 222 g/mol. The number of carboxylic acids is 1. The summed E-state index contributed by atoms with van der Waals surface area (Å²) in [6.45, 7) is 2.02. The summed E-state index contributed by atoms with van der Waals surface area (Å²) in [5.41, 5.74) is 1.86. The first-order valence-electron chi connectivity index (χ1n) is 5.58. The van der Waals surface area contributed by atoms with Crippen molar-refractivity contribution in [2.75, 3.05) is 0 Å². The van der Waals surface area contributed by atoms with Gasteiger partial charge in [-0.1, -0.05) is 37.6 Å². The van der Waals surface area contributed by atoms with Gasteiger partial charge in [-0.2, -0.15) is 0 Å². The molecule has 0 aliphatic rings. The summed E-state index contributed by atoms with van der Waals surface area (Å²) in [6.07, 6.45) is 2.15. The summed E-state index contributed by atoms with van der Waals surface area (Å²) in [4.78, 5) is 11.0. The van der Waals surface area contributed by atoms with Crippen molar-refractivity contribution in [3.63, 3.8) is 0 Å². The van der Waals surface area contributed by atoms with E-state index in [4.69, 9.17) is 10.2 Å². The lowest BCUT2D eigenvalue weighted by Gasteiger charge is -2.11. The van der Waals surface area contributed by atoms with Gasteiger partial charge < -0.3 is 10.2 Å². The zero-order valence-electron chi connectivity index (χ0n) is 9.52. The highest BCUT2D eigenvalue weighted by atomic mass is 16.4. The van der Waals surface area contributed by atoms with Crippen molar-refractivity contribution in [2.24, 2.45) is 5.92 Å². The van der Waals surface area contributed by atoms with Gasteiger partial charge in [0.1, 0.15) is 0 Å². The number of aliphatic hydroxyl groups excluding tert-OH is 1. The fourth-order valence-electron chi connectivity index (χ4n) is 1.73. The molecule has 88 valence electrons. The van der Waals surface area contributed by atoms with Gasteiger partial charge in [-0.25, -0.2) is 0 Å². The molecule has 0 amide bonds. The van der Waals surface area contributed by atoms with Crippen LogP contribution in [0.1, 0.15) is 30.9 Å². The standard InChI is InChI=1S/C13H18O3/c1-2-3-12(13(15)16)8-10-4-6-11(9-14)7-5-10/h4-7,12,14H,2-3,8-9H2,1H3,(H,15,16). The number of carboxylic acid groups (broad SMARTS) is 1. The van der Waals surface area contributed by atoms with E-state index in [0.29, 0.717) is 12.8 Å². The van der Waals surface area contributed by atoms with Crippen LogP contribution >= 0.6 is 0 Å². The summed E-state index contributed by atoms with van der Waals surface area (Å²) in [7, 11) is 0. The lowest BCUT2D eigenvalue weighted by molar-refractivity contribution is -0.141. The Morgan fingerprint density at radius 3 is 2.25 bits per heavy atom. The molecule has 2 N–H and O–H groups in total. The number of hydrogen-bond donors (Lipinski definition) is 2. The van der Waals surface area contributed by atoms with Crippen LogP contribution in [-0.4, -0.2) is 16.2 Å². The highest BCUT2D eigenvalue weighted by Crippen LogP contribution is 2.15. The molecule has 0 aromatic heterocycles. The zero-order valence-corrected chi connectivity index (χ0v) is 9.52. The predicted molar refractivity (Wildman–Crippen MR) is 62.1 cm³/mol. The fourth-order valence-corrected chi connectivity index (χ4v) is 1.73. The summed E-state index contributed by atoms with van der Waals surface area (Å²) in [6, 6.07) is 7.44. The Kier molecular flexibility index (Phi) is 4.99. The van der Waals surface area contributed by atoms with Crippen molar-refractivity contribution >= 4 is 5.97 Å². The third-order valence-electron chi connectivity index (χ3n) is 2.67. The van der Waals surface area contributed by atoms with Gasteiger partial charge >= 0.3 is 5.97 Å². The van der Waals surface area contributed by atoms with Crippen LogP contribution < -0.4 is 0 Å². The summed E-state index contributed by atoms with van der Waals surface area (Å²) in [5.74, 6) is -1.03. The number of benzene rings is 1. The molecule has 0 radical (unpaired) electrons. The van der Waals surface area contributed by atoms with Crippen LogP contribution in [0.25, 0.3) is 0 Å². The van der Waals surface area contributed by atoms with Crippen LogP contribution in [0.2, 0.25) is 0 Å². The number of rotatable bonds is 6. The second-order valence-corrected chi connectivity index (χ2v) is 4.00. The highest BCUT2D eigenvalue weighted by Gasteiger charge is 2.16. The van der Waals surface area contributed by atoms with Crippen LogP contribution in [0, 0.1) is 5.92 Å². The minimum Gasteiger partial charge on any atom is -0.481 e. The number of aliphatic hydroxyl groups is 1. The first-order valence-corrected chi connectivity index (χ1v) is 5.58. The van der Waals surface area contributed by atoms with E-state index in [2.05, 4.69) is 0 Å². The monoisotopic (exact) mass is 222 g/mol. The molecule has 0 aliphatic heterocycles. The van der Waals surface area contributed by atoms with Crippen LogP contribution in [0.15, 0.2) is 24.3 Å². The van der Waals surface area contributed by atoms with Crippen LogP contribution in [0.4, 0.5) is 0 Å². The number of aliphatic carboxylic acids is 1. The van der Waals surface area contributed by atoms with Crippen molar-refractivity contribution in [1.29, 1.82) is 0 Å². The summed E-state index contributed by atoms with van der Waals surface area (Å²) < 4.78 is 0. The Hall–Kier alpha value is -1.35. The Labute approximate surface area is 95.7 Å². The maximum atomic E-state index is 11.0. The molecule has 0 fully saturated rings. The van der Waals surface area contributed by atoms with Crippen LogP contribution in [0.3, 0.4) is 0 Å². The van der Waals surface area contributed by atoms with Gasteiger partial charge in [0, 0.05) is 0 Å². The maximum absolute atomic E-state index is 11.0. The molecule has 16 heavy (non-hydrogen) atoms. The van der Waals surface area contributed by atoms with E-state index in [9.17, 15) is 4.79 Å². The molecular weight excluding hydrogens is 204 g/mol. The topological polar surface area (TPSA) is 57.5 Å². The molecule has 0 saturated heterocycles. The molecule has 1 rings (SSSR count).